The van der Waals surface area contributed by atoms with Crippen LogP contribution in [0.2, 0.25) is 0 Å². The van der Waals surface area contributed by atoms with Gasteiger partial charge in [-0.2, -0.15) is 0 Å². The van der Waals surface area contributed by atoms with E-state index >= 15 is 0 Å². The molecule has 0 spiro atoms. The monoisotopic (exact) mass is 240 g/mol. The molecule has 3 nitrogen and oxygen atoms in total. The van der Waals surface area contributed by atoms with Crippen LogP contribution in [0.5, 0.6) is 5.75 Å². The molecule has 0 saturated carbocycles. The van der Waals surface area contributed by atoms with E-state index in [-0.39, 0.29) is 0 Å². The molecular weight excluding hydrogens is 224 g/mol. The average molecular weight is 240 g/mol. The van der Waals surface area contributed by atoms with Crippen molar-refractivity contribution >= 4 is 21.9 Å². The van der Waals surface area contributed by atoms with Gasteiger partial charge < -0.3 is 9.72 Å². The second-order valence-corrected chi connectivity index (χ2v) is 4.44. The SMILES string of the molecule is CCCCOc1cnc2c(c1)[nH]c1ccccc12. The van der Waals surface area contributed by atoms with Gasteiger partial charge in [-0.3, -0.25) is 4.98 Å². The lowest BCUT2D eigenvalue weighted by Gasteiger charge is -2.04. The van der Waals surface area contributed by atoms with E-state index in [1.165, 1.54) is 0 Å². The first-order chi connectivity index (χ1) is 8.88. The highest BCUT2D eigenvalue weighted by molar-refractivity contribution is 6.04. The summed E-state index contributed by atoms with van der Waals surface area (Å²) in [6.07, 6.45) is 4.02. The molecule has 3 rings (SSSR count). The number of aromatic nitrogens is 2. The molecule has 1 aromatic carbocycles. The van der Waals surface area contributed by atoms with E-state index in [0.29, 0.717) is 0 Å². The van der Waals surface area contributed by atoms with Crippen molar-refractivity contribution in [3.63, 3.8) is 0 Å². The largest absolute Gasteiger partial charge is 0.492 e. The highest BCUT2D eigenvalue weighted by atomic mass is 16.5. The maximum atomic E-state index is 5.67. The van der Waals surface area contributed by atoms with Gasteiger partial charge in [0, 0.05) is 17.0 Å². The third-order valence-corrected chi connectivity index (χ3v) is 3.08. The van der Waals surface area contributed by atoms with Crippen LogP contribution in [-0.2, 0) is 0 Å². The van der Waals surface area contributed by atoms with Crippen LogP contribution >= 0.6 is 0 Å². The Kier molecular flexibility index (Phi) is 2.89. The van der Waals surface area contributed by atoms with Crippen molar-refractivity contribution in [1.82, 2.24) is 9.97 Å². The Bertz CT molecular complexity index is 672. The Morgan fingerprint density at radius 3 is 3.00 bits per heavy atom. The van der Waals surface area contributed by atoms with Crippen LogP contribution < -0.4 is 4.74 Å². The van der Waals surface area contributed by atoms with Crippen LogP contribution in [0.3, 0.4) is 0 Å². The van der Waals surface area contributed by atoms with E-state index < -0.39 is 0 Å². The molecule has 1 N–H and O–H groups in total. The number of pyridine rings is 1. The summed E-state index contributed by atoms with van der Waals surface area (Å²) < 4.78 is 5.67. The fourth-order valence-electron chi connectivity index (χ4n) is 2.11. The van der Waals surface area contributed by atoms with Gasteiger partial charge in [0.25, 0.3) is 0 Å². The fraction of sp³-hybridized carbons (Fsp3) is 0.267. The summed E-state index contributed by atoms with van der Waals surface area (Å²) in [7, 11) is 0. The van der Waals surface area contributed by atoms with Crippen molar-refractivity contribution in [2.75, 3.05) is 6.61 Å². The predicted molar refractivity (Wildman–Crippen MR) is 74.0 cm³/mol. The number of H-pyrrole nitrogens is 1. The van der Waals surface area contributed by atoms with Crippen molar-refractivity contribution in [1.29, 1.82) is 0 Å². The van der Waals surface area contributed by atoms with E-state index in [0.717, 1.165) is 47.1 Å². The van der Waals surface area contributed by atoms with Crippen molar-refractivity contribution in [2.24, 2.45) is 0 Å². The second kappa shape index (κ2) is 4.69. The lowest BCUT2D eigenvalue weighted by Crippen LogP contribution is -1.96. The molecule has 2 aromatic heterocycles. The quantitative estimate of drug-likeness (QED) is 0.702. The molecule has 0 bridgehead atoms. The number of unbranched alkanes of at least 4 members (excludes halogenated alkanes) is 1. The number of nitrogens with one attached hydrogen (secondary N) is 1. The van der Waals surface area contributed by atoms with Gasteiger partial charge >= 0.3 is 0 Å². The number of hydrogen-bond acceptors (Lipinski definition) is 2. The van der Waals surface area contributed by atoms with E-state index in [2.05, 4.69) is 29.0 Å². The highest BCUT2D eigenvalue weighted by Crippen LogP contribution is 2.25. The van der Waals surface area contributed by atoms with Crippen molar-refractivity contribution in [2.45, 2.75) is 19.8 Å². The molecule has 0 unspecified atom stereocenters. The molecular formula is C15H16N2O. The first-order valence-corrected chi connectivity index (χ1v) is 6.38. The molecule has 0 saturated heterocycles. The lowest BCUT2D eigenvalue weighted by molar-refractivity contribution is 0.308. The molecule has 0 aliphatic rings. The van der Waals surface area contributed by atoms with E-state index in [1.807, 2.05) is 18.2 Å². The number of ether oxygens (including phenoxy) is 1. The lowest BCUT2D eigenvalue weighted by atomic mass is 10.2. The van der Waals surface area contributed by atoms with Gasteiger partial charge in [0.1, 0.15) is 5.75 Å². The first kappa shape index (κ1) is 11.1. The van der Waals surface area contributed by atoms with Crippen LogP contribution in [0.1, 0.15) is 19.8 Å². The molecule has 92 valence electrons. The summed E-state index contributed by atoms with van der Waals surface area (Å²) in [4.78, 5) is 7.86. The third kappa shape index (κ3) is 1.92. The Balaban J connectivity index is 1.99. The van der Waals surface area contributed by atoms with Crippen molar-refractivity contribution in [3.8, 4) is 5.75 Å². The molecule has 0 fully saturated rings. The molecule has 3 heteroatoms. The van der Waals surface area contributed by atoms with Crippen molar-refractivity contribution in [3.05, 3.63) is 36.5 Å². The number of para-hydroxylation sites is 1. The van der Waals surface area contributed by atoms with E-state index in [9.17, 15) is 0 Å². The van der Waals surface area contributed by atoms with Crippen molar-refractivity contribution < 1.29 is 4.74 Å². The number of aromatic amines is 1. The molecule has 0 aliphatic carbocycles. The Labute approximate surface area is 106 Å². The number of benzene rings is 1. The summed E-state index contributed by atoms with van der Waals surface area (Å²) in [5, 5.41) is 1.16. The number of hydrogen-bond donors (Lipinski definition) is 1. The summed E-state index contributed by atoms with van der Waals surface area (Å²) >= 11 is 0. The predicted octanol–water partition coefficient (Wildman–Crippen LogP) is 3.90. The standard InChI is InChI=1S/C15H16N2O/c1-2-3-8-18-11-9-14-15(16-10-11)12-6-4-5-7-13(12)17-14/h4-7,9-10,17H,2-3,8H2,1H3. The van der Waals surface area contributed by atoms with Gasteiger partial charge in [0.15, 0.2) is 0 Å². The van der Waals surface area contributed by atoms with Gasteiger partial charge in [0.05, 0.1) is 23.8 Å². The van der Waals surface area contributed by atoms with Gasteiger partial charge in [-0.15, -0.1) is 0 Å². The zero-order valence-corrected chi connectivity index (χ0v) is 10.4. The van der Waals surface area contributed by atoms with Crippen LogP contribution in [0.25, 0.3) is 21.9 Å². The Hall–Kier alpha value is -2.03. The summed E-state index contributed by atoms with van der Waals surface area (Å²) in [5.41, 5.74) is 3.16. The molecule has 0 atom stereocenters. The van der Waals surface area contributed by atoms with Gasteiger partial charge in [-0.05, 0) is 12.5 Å². The van der Waals surface area contributed by atoms with Crippen LogP contribution in [0.15, 0.2) is 36.5 Å². The average Bonchev–Trinajstić information content (AvgIpc) is 2.76. The minimum atomic E-state index is 0.754. The zero-order chi connectivity index (χ0) is 12.4. The van der Waals surface area contributed by atoms with Crippen LogP contribution in [-0.4, -0.2) is 16.6 Å². The minimum absolute atomic E-state index is 0.754. The Morgan fingerprint density at radius 1 is 1.22 bits per heavy atom. The fourth-order valence-corrected chi connectivity index (χ4v) is 2.11. The summed E-state index contributed by atoms with van der Waals surface area (Å²) in [6.45, 7) is 2.91. The van der Waals surface area contributed by atoms with Gasteiger partial charge in [-0.25, -0.2) is 0 Å². The van der Waals surface area contributed by atoms with E-state index in [1.54, 1.807) is 6.20 Å². The molecule has 0 radical (unpaired) electrons. The van der Waals surface area contributed by atoms with Crippen LogP contribution in [0, 0.1) is 0 Å². The highest BCUT2D eigenvalue weighted by Gasteiger charge is 2.05. The van der Waals surface area contributed by atoms with Gasteiger partial charge in [-0.1, -0.05) is 31.5 Å². The minimum Gasteiger partial charge on any atom is -0.492 e. The maximum Gasteiger partial charge on any atom is 0.139 e. The third-order valence-electron chi connectivity index (χ3n) is 3.08. The first-order valence-electron chi connectivity index (χ1n) is 6.38. The number of fused-ring (bicyclic) bond motifs is 3. The van der Waals surface area contributed by atoms with Gasteiger partial charge in [0.2, 0.25) is 0 Å². The molecule has 3 aromatic rings. The molecule has 0 aliphatic heterocycles. The zero-order valence-electron chi connectivity index (χ0n) is 10.4. The summed E-state index contributed by atoms with van der Waals surface area (Å²) in [5.74, 6) is 0.836. The molecule has 2 heterocycles. The Morgan fingerprint density at radius 2 is 2.11 bits per heavy atom. The second-order valence-electron chi connectivity index (χ2n) is 4.44. The van der Waals surface area contributed by atoms with E-state index in [4.69, 9.17) is 4.74 Å². The number of nitrogens with zero attached hydrogens (tertiary/aromatic N) is 1. The summed E-state index contributed by atoms with van der Waals surface area (Å²) in [6, 6.07) is 10.2. The van der Waals surface area contributed by atoms with Crippen LogP contribution in [0.4, 0.5) is 0 Å². The molecule has 0 amide bonds. The normalized spacial score (nSPS) is 11.2. The smallest absolute Gasteiger partial charge is 0.139 e. The molecule has 18 heavy (non-hydrogen) atoms. The topological polar surface area (TPSA) is 37.9 Å². The maximum absolute atomic E-state index is 5.67. The number of rotatable bonds is 4.